The van der Waals surface area contributed by atoms with Crippen molar-refractivity contribution in [2.45, 2.75) is 45.6 Å². The minimum Gasteiger partial charge on any atom is -1.00 e. The van der Waals surface area contributed by atoms with E-state index in [1.54, 1.807) is 0 Å². The van der Waals surface area contributed by atoms with E-state index < -0.39 is 7.26 Å². The Morgan fingerprint density at radius 2 is 1.86 bits per heavy atom. The standard InChI is InChI=1S/C17H27O2P.BrH/c1-12-13(2)16-14(11-15(12)18)7-8-17(3,19-16)9-10-20(4,5)6;/h11H,7-10H2,1-6H3;1H. The fourth-order valence-corrected chi connectivity index (χ4v) is 3.86. The van der Waals surface area contributed by atoms with E-state index in [2.05, 4.69) is 33.8 Å². The molecule has 1 aliphatic rings. The first-order chi connectivity index (χ1) is 9.11. The Morgan fingerprint density at radius 3 is 2.43 bits per heavy atom. The van der Waals surface area contributed by atoms with Crippen LogP contribution in [0.2, 0.25) is 0 Å². The molecule has 4 heteroatoms. The SMILES string of the molecule is Cc1c(O)cc2c(c1C)OC(C)(CC[P+](C)(C)C)CC2.[Br-]. The van der Waals surface area contributed by atoms with E-state index in [1.807, 2.05) is 13.0 Å². The topological polar surface area (TPSA) is 29.5 Å². The van der Waals surface area contributed by atoms with E-state index in [9.17, 15) is 5.11 Å². The molecule has 0 saturated heterocycles. The summed E-state index contributed by atoms with van der Waals surface area (Å²) in [7, 11) is -0.759. The molecule has 0 saturated carbocycles. The predicted octanol–water partition coefficient (Wildman–Crippen LogP) is 1.39. The molecule has 1 aromatic rings. The first kappa shape index (κ1) is 18.8. The number of hydrogen-bond donors (Lipinski definition) is 1. The second-order valence-electron chi connectivity index (χ2n) is 7.45. The van der Waals surface area contributed by atoms with Crippen LogP contribution in [0, 0.1) is 13.8 Å². The van der Waals surface area contributed by atoms with Gasteiger partial charge in [0.1, 0.15) is 17.1 Å². The van der Waals surface area contributed by atoms with Crippen molar-refractivity contribution < 1.29 is 26.8 Å². The van der Waals surface area contributed by atoms with Crippen LogP contribution < -0.4 is 21.7 Å². The van der Waals surface area contributed by atoms with Gasteiger partial charge >= 0.3 is 0 Å². The lowest BCUT2D eigenvalue weighted by atomic mass is 9.88. The summed E-state index contributed by atoms with van der Waals surface area (Å²) in [4.78, 5) is 0. The van der Waals surface area contributed by atoms with Crippen molar-refractivity contribution in [3.63, 3.8) is 0 Å². The quantitative estimate of drug-likeness (QED) is 0.810. The van der Waals surface area contributed by atoms with Crippen LogP contribution in [-0.2, 0) is 6.42 Å². The van der Waals surface area contributed by atoms with Crippen LogP contribution in [0.15, 0.2) is 6.07 Å². The molecule has 1 atom stereocenters. The highest BCUT2D eigenvalue weighted by atomic mass is 79.9. The molecule has 1 aromatic carbocycles. The van der Waals surface area contributed by atoms with Crippen molar-refractivity contribution in [1.29, 1.82) is 0 Å². The third kappa shape index (κ3) is 4.36. The molecule has 2 rings (SSSR count). The third-order valence-electron chi connectivity index (χ3n) is 4.47. The molecule has 1 heterocycles. The van der Waals surface area contributed by atoms with Gasteiger partial charge in [0, 0.05) is 33.7 Å². The number of phenols is 1. The van der Waals surface area contributed by atoms with Crippen molar-refractivity contribution in [3.8, 4) is 11.5 Å². The van der Waals surface area contributed by atoms with Gasteiger partial charge in [0.05, 0.1) is 6.16 Å². The zero-order valence-electron chi connectivity index (χ0n) is 14.1. The molecule has 1 unspecified atom stereocenters. The predicted molar refractivity (Wildman–Crippen MR) is 89.1 cm³/mol. The van der Waals surface area contributed by atoms with Gasteiger partial charge in [-0.3, -0.25) is 0 Å². The molecule has 0 amide bonds. The zero-order chi connectivity index (χ0) is 15.1. The first-order valence-corrected chi connectivity index (χ1v) is 10.7. The van der Waals surface area contributed by atoms with Crippen LogP contribution in [0.5, 0.6) is 11.5 Å². The summed E-state index contributed by atoms with van der Waals surface area (Å²) < 4.78 is 6.39. The molecule has 0 fully saturated rings. The number of halogens is 1. The van der Waals surface area contributed by atoms with Crippen LogP contribution in [0.4, 0.5) is 0 Å². The van der Waals surface area contributed by atoms with Crippen LogP contribution in [0.1, 0.15) is 36.5 Å². The number of aromatic hydroxyl groups is 1. The van der Waals surface area contributed by atoms with Crippen molar-refractivity contribution in [3.05, 3.63) is 22.8 Å². The van der Waals surface area contributed by atoms with Crippen LogP contribution in [0.25, 0.3) is 0 Å². The van der Waals surface area contributed by atoms with E-state index in [-0.39, 0.29) is 22.6 Å². The highest BCUT2D eigenvalue weighted by Crippen LogP contribution is 2.50. The lowest BCUT2D eigenvalue weighted by Gasteiger charge is -2.37. The lowest BCUT2D eigenvalue weighted by Crippen LogP contribution is -3.00. The summed E-state index contributed by atoms with van der Waals surface area (Å²) in [6, 6.07) is 1.88. The first-order valence-electron chi connectivity index (χ1n) is 7.43. The van der Waals surface area contributed by atoms with Gasteiger partial charge < -0.3 is 26.8 Å². The zero-order valence-corrected chi connectivity index (χ0v) is 16.6. The van der Waals surface area contributed by atoms with Gasteiger partial charge in [-0.1, -0.05) is 0 Å². The summed E-state index contributed by atoms with van der Waals surface area (Å²) in [6.07, 6.45) is 4.45. The van der Waals surface area contributed by atoms with Crippen molar-refractivity contribution in [2.24, 2.45) is 0 Å². The van der Waals surface area contributed by atoms with Gasteiger partial charge in [-0.25, -0.2) is 0 Å². The van der Waals surface area contributed by atoms with Crippen molar-refractivity contribution in [1.82, 2.24) is 0 Å². The van der Waals surface area contributed by atoms with Crippen LogP contribution >= 0.6 is 7.26 Å². The molecule has 0 aromatic heterocycles. The molecule has 0 aliphatic carbocycles. The maximum absolute atomic E-state index is 9.95. The number of aryl methyl sites for hydroxylation is 1. The fourth-order valence-electron chi connectivity index (χ4n) is 2.71. The minimum absolute atomic E-state index is 0. The van der Waals surface area contributed by atoms with E-state index in [0.717, 1.165) is 41.7 Å². The second kappa shape index (κ2) is 6.46. The Labute approximate surface area is 140 Å². The summed E-state index contributed by atoms with van der Waals surface area (Å²) in [5, 5.41) is 9.95. The highest BCUT2D eigenvalue weighted by Gasteiger charge is 2.35. The highest BCUT2D eigenvalue weighted by molar-refractivity contribution is 7.73. The normalized spacial score (nSPS) is 21.2. The van der Waals surface area contributed by atoms with Crippen molar-refractivity contribution >= 4 is 7.26 Å². The number of fused-ring (bicyclic) bond motifs is 1. The monoisotopic (exact) mass is 374 g/mol. The third-order valence-corrected chi connectivity index (χ3v) is 6.04. The van der Waals surface area contributed by atoms with E-state index in [4.69, 9.17) is 4.74 Å². The second-order valence-corrected chi connectivity index (χ2v) is 12.5. The van der Waals surface area contributed by atoms with Gasteiger partial charge in [-0.2, -0.15) is 0 Å². The number of ether oxygens (including phenoxy) is 1. The summed E-state index contributed by atoms with van der Waals surface area (Å²) in [5.74, 6) is 1.41. The van der Waals surface area contributed by atoms with E-state index in [0.29, 0.717) is 5.75 Å². The van der Waals surface area contributed by atoms with Crippen LogP contribution in [-0.4, -0.2) is 36.9 Å². The summed E-state index contributed by atoms with van der Waals surface area (Å²) >= 11 is 0. The largest absolute Gasteiger partial charge is 1.00 e. The molecule has 120 valence electrons. The maximum Gasteiger partial charge on any atom is 0.126 e. The molecule has 0 bridgehead atoms. The lowest BCUT2D eigenvalue weighted by molar-refractivity contribution is -0.00000979. The molecule has 2 nitrogen and oxygen atoms in total. The molecule has 21 heavy (non-hydrogen) atoms. The number of phenolic OH excluding ortho intramolecular Hbond substituents is 1. The average Bonchev–Trinajstić information content (AvgIpc) is 2.35. The molecular formula is C17H28BrO2P. The molecule has 1 aliphatic heterocycles. The van der Waals surface area contributed by atoms with E-state index >= 15 is 0 Å². The number of benzene rings is 1. The van der Waals surface area contributed by atoms with E-state index in [1.165, 1.54) is 6.16 Å². The Hall–Kier alpha value is -0.270. The van der Waals surface area contributed by atoms with Gasteiger partial charge in [-0.15, -0.1) is 0 Å². The Bertz CT molecular complexity index is 523. The minimum atomic E-state index is -0.759. The smallest absolute Gasteiger partial charge is 0.126 e. The maximum atomic E-state index is 9.95. The molecule has 0 radical (unpaired) electrons. The van der Waals surface area contributed by atoms with Gasteiger partial charge in [0.15, 0.2) is 0 Å². The van der Waals surface area contributed by atoms with Gasteiger partial charge in [0.25, 0.3) is 0 Å². The van der Waals surface area contributed by atoms with Gasteiger partial charge in [-0.05, 0) is 56.4 Å². The Morgan fingerprint density at radius 1 is 1.24 bits per heavy atom. The number of rotatable bonds is 3. The van der Waals surface area contributed by atoms with Crippen LogP contribution in [0.3, 0.4) is 0 Å². The number of hydrogen-bond acceptors (Lipinski definition) is 2. The fraction of sp³-hybridized carbons (Fsp3) is 0.647. The average molecular weight is 375 g/mol. The Kier molecular flexibility index (Phi) is 5.78. The van der Waals surface area contributed by atoms with Gasteiger partial charge in [0.2, 0.25) is 0 Å². The molecule has 0 spiro atoms. The molecular weight excluding hydrogens is 347 g/mol. The Balaban J connectivity index is 0.00000220. The summed E-state index contributed by atoms with van der Waals surface area (Å²) in [5.41, 5.74) is 3.15. The summed E-state index contributed by atoms with van der Waals surface area (Å²) in [6.45, 7) is 13.4. The van der Waals surface area contributed by atoms with Crippen molar-refractivity contribution in [2.75, 3.05) is 26.2 Å². The molecule has 1 N–H and O–H groups in total.